The molecule has 1 aromatic heterocycles. The van der Waals surface area contributed by atoms with E-state index in [-0.39, 0.29) is 12.8 Å². The van der Waals surface area contributed by atoms with Gasteiger partial charge in [0.05, 0.1) is 13.3 Å². The standard InChI is InChI=1S/C17H19N5O4/c1-24-17-18-9-12(15(21-17)22-6-2-3-7-22)20-16(23)19-11-4-5-13-14(8-11)26-10-25-13/h4-5,8-9H,2-3,6-7,10H2,1H3,(H2,19,20,23). The molecular formula is C17H19N5O4. The van der Waals surface area contributed by atoms with Gasteiger partial charge in [-0.05, 0) is 25.0 Å². The van der Waals surface area contributed by atoms with Gasteiger partial charge in [-0.3, -0.25) is 0 Å². The van der Waals surface area contributed by atoms with Crippen molar-refractivity contribution in [3.63, 3.8) is 0 Å². The monoisotopic (exact) mass is 357 g/mol. The highest BCUT2D eigenvalue weighted by Crippen LogP contribution is 2.34. The molecule has 1 fully saturated rings. The van der Waals surface area contributed by atoms with E-state index in [1.54, 1.807) is 24.4 Å². The smallest absolute Gasteiger partial charge is 0.323 e. The van der Waals surface area contributed by atoms with Crippen LogP contribution in [0.3, 0.4) is 0 Å². The van der Waals surface area contributed by atoms with E-state index in [0.29, 0.717) is 28.7 Å². The van der Waals surface area contributed by atoms with Gasteiger partial charge in [-0.15, -0.1) is 0 Å². The van der Waals surface area contributed by atoms with Crippen molar-refractivity contribution < 1.29 is 19.0 Å². The highest BCUT2D eigenvalue weighted by Gasteiger charge is 2.20. The number of methoxy groups -OCH3 is 1. The molecular weight excluding hydrogens is 338 g/mol. The number of anilines is 3. The van der Waals surface area contributed by atoms with E-state index in [1.165, 1.54) is 7.11 Å². The molecule has 0 spiro atoms. The summed E-state index contributed by atoms with van der Waals surface area (Å²) in [7, 11) is 1.52. The molecule has 0 bridgehead atoms. The van der Waals surface area contributed by atoms with Crippen LogP contribution in [0.15, 0.2) is 24.4 Å². The number of aromatic nitrogens is 2. The van der Waals surface area contributed by atoms with Gasteiger partial charge in [0.2, 0.25) is 6.79 Å². The number of nitrogens with one attached hydrogen (secondary N) is 2. The molecule has 0 unspecified atom stereocenters. The van der Waals surface area contributed by atoms with Gasteiger partial charge >= 0.3 is 12.0 Å². The second kappa shape index (κ2) is 6.95. The molecule has 2 N–H and O–H groups in total. The van der Waals surface area contributed by atoms with E-state index < -0.39 is 6.03 Å². The molecule has 1 saturated heterocycles. The largest absolute Gasteiger partial charge is 0.467 e. The number of hydrogen-bond donors (Lipinski definition) is 2. The number of urea groups is 1. The number of rotatable bonds is 4. The van der Waals surface area contributed by atoms with E-state index in [1.807, 2.05) is 0 Å². The van der Waals surface area contributed by atoms with Gasteiger partial charge in [-0.2, -0.15) is 4.98 Å². The quantitative estimate of drug-likeness (QED) is 0.867. The zero-order valence-corrected chi connectivity index (χ0v) is 14.3. The lowest BCUT2D eigenvalue weighted by molar-refractivity contribution is 0.174. The van der Waals surface area contributed by atoms with Crippen molar-refractivity contribution in [2.45, 2.75) is 12.8 Å². The third-order valence-electron chi connectivity index (χ3n) is 4.21. The van der Waals surface area contributed by atoms with E-state index in [4.69, 9.17) is 14.2 Å². The van der Waals surface area contributed by atoms with Crippen molar-refractivity contribution in [2.75, 3.05) is 42.5 Å². The van der Waals surface area contributed by atoms with E-state index >= 15 is 0 Å². The summed E-state index contributed by atoms with van der Waals surface area (Å²) in [5.41, 5.74) is 1.13. The van der Waals surface area contributed by atoms with Crippen molar-refractivity contribution in [1.82, 2.24) is 9.97 Å². The van der Waals surface area contributed by atoms with Gasteiger partial charge in [-0.1, -0.05) is 0 Å². The van der Waals surface area contributed by atoms with Gasteiger partial charge in [0.15, 0.2) is 17.3 Å². The summed E-state index contributed by atoms with van der Waals surface area (Å²) in [6, 6.07) is 5.10. The van der Waals surface area contributed by atoms with Crippen LogP contribution >= 0.6 is 0 Å². The zero-order chi connectivity index (χ0) is 17.9. The second-order valence-corrected chi connectivity index (χ2v) is 5.94. The molecule has 26 heavy (non-hydrogen) atoms. The number of nitrogens with zero attached hydrogens (tertiary/aromatic N) is 3. The molecule has 9 nitrogen and oxygen atoms in total. The fraction of sp³-hybridized carbons (Fsp3) is 0.353. The number of fused-ring (bicyclic) bond motifs is 1. The molecule has 1 aromatic carbocycles. The Kier molecular flexibility index (Phi) is 4.34. The first kappa shape index (κ1) is 16.2. The number of benzene rings is 1. The number of carbonyl (C=O) groups is 1. The molecule has 3 heterocycles. The molecule has 4 rings (SSSR count). The fourth-order valence-corrected chi connectivity index (χ4v) is 2.97. The Morgan fingerprint density at radius 1 is 1.19 bits per heavy atom. The first-order valence-electron chi connectivity index (χ1n) is 8.36. The maximum Gasteiger partial charge on any atom is 0.323 e. The van der Waals surface area contributed by atoms with Crippen LogP contribution in [0.5, 0.6) is 17.5 Å². The van der Waals surface area contributed by atoms with Crippen LogP contribution < -0.4 is 29.7 Å². The number of amides is 2. The van der Waals surface area contributed by atoms with Crippen molar-refractivity contribution in [1.29, 1.82) is 0 Å². The minimum absolute atomic E-state index is 0.188. The summed E-state index contributed by atoms with van der Waals surface area (Å²) < 4.78 is 15.7. The minimum Gasteiger partial charge on any atom is -0.467 e. The van der Waals surface area contributed by atoms with Crippen LogP contribution in [0.25, 0.3) is 0 Å². The topological polar surface area (TPSA) is 97.8 Å². The molecule has 0 aliphatic carbocycles. The first-order valence-corrected chi connectivity index (χ1v) is 8.36. The van der Waals surface area contributed by atoms with Gasteiger partial charge in [0.25, 0.3) is 0 Å². The number of ether oxygens (including phenoxy) is 3. The highest BCUT2D eigenvalue weighted by atomic mass is 16.7. The lowest BCUT2D eigenvalue weighted by Crippen LogP contribution is -2.25. The lowest BCUT2D eigenvalue weighted by Gasteiger charge is -2.20. The average Bonchev–Trinajstić information content (AvgIpc) is 3.33. The Labute approximate surface area is 150 Å². The Morgan fingerprint density at radius 3 is 2.81 bits per heavy atom. The summed E-state index contributed by atoms with van der Waals surface area (Å²) in [5.74, 6) is 1.93. The normalized spacial score (nSPS) is 15.0. The summed E-state index contributed by atoms with van der Waals surface area (Å²) in [6.07, 6.45) is 3.74. The van der Waals surface area contributed by atoms with Crippen LogP contribution in [0.1, 0.15) is 12.8 Å². The summed E-state index contributed by atoms with van der Waals surface area (Å²) in [6.45, 7) is 1.96. The molecule has 2 amide bonds. The fourth-order valence-electron chi connectivity index (χ4n) is 2.97. The second-order valence-electron chi connectivity index (χ2n) is 5.94. The Bertz CT molecular complexity index is 823. The van der Waals surface area contributed by atoms with Crippen molar-refractivity contribution >= 4 is 23.2 Å². The van der Waals surface area contributed by atoms with Gasteiger partial charge < -0.3 is 29.7 Å². The van der Waals surface area contributed by atoms with E-state index in [9.17, 15) is 4.79 Å². The Morgan fingerprint density at radius 2 is 2.00 bits per heavy atom. The molecule has 136 valence electrons. The van der Waals surface area contributed by atoms with Crippen LogP contribution in [-0.2, 0) is 0 Å². The number of carbonyl (C=O) groups excluding carboxylic acids is 1. The number of hydrogen-bond acceptors (Lipinski definition) is 7. The minimum atomic E-state index is -0.391. The van der Waals surface area contributed by atoms with Crippen molar-refractivity contribution in [3.05, 3.63) is 24.4 Å². The van der Waals surface area contributed by atoms with Crippen LogP contribution in [0.2, 0.25) is 0 Å². The van der Waals surface area contributed by atoms with Crippen LogP contribution in [-0.4, -0.2) is 43.0 Å². The maximum absolute atomic E-state index is 12.4. The van der Waals surface area contributed by atoms with Crippen LogP contribution in [0.4, 0.5) is 22.0 Å². The molecule has 2 aliphatic heterocycles. The summed E-state index contributed by atoms with van der Waals surface area (Å²) >= 11 is 0. The predicted molar refractivity (Wildman–Crippen MR) is 95.2 cm³/mol. The molecule has 9 heteroatoms. The SMILES string of the molecule is COc1ncc(NC(=O)Nc2ccc3c(c2)OCO3)c(N2CCCC2)n1. The summed E-state index contributed by atoms with van der Waals surface area (Å²) in [5, 5.41) is 5.59. The zero-order valence-electron chi connectivity index (χ0n) is 14.3. The Hall–Kier alpha value is -3.23. The van der Waals surface area contributed by atoms with E-state index in [2.05, 4.69) is 25.5 Å². The lowest BCUT2D eigenvalue weighted by atomic mass is 10.3. The Balaban J connectivity index is 1.50. The molecule has 0 atom stereocenters. The third kappa shape index (κ3) is 3.28. The molecule has 0 radical (unpaired) electrons. The third-order valence-corrected chi connectivity index (χ3v) is 4.21. The molecule has 2 aliphatic rings. The highest BCUT2D eigenvalue weighted by molar-refractivity contribution is 6.01. The van der Waals surface area contributed by atoms with Gasteiger partial charge in [0, 0.05) is 24.8 Å². The van der Waals surface area contributed by atoms with Gasteiger partial charge in [0.1, 0.15) is 5.69 Å². The predicted octanol–water partition coefficient (Wildman–Crippen LogP) is 2.46. The van der Waals surface area contributed by atoms with Crippen LogP contribution in [0, 0.1) is 0 Å². The summed E-state index contributed by atoms with van der Waals surface area (Å²) in [4.78, 5) is 23.0. The molecule has 2 aromatic rings. The van der Waals surface area contributed by atoms with Gasteiger partial charge in [-0.25, -0.2) is 9.78 Å². The average molecular weight is 357 g/mol. The van der Waals surface area contributed by atoms with E-state index in [0.717, 1.165) is 25.9 Å². The molecule has 0 saturated carbocycles. The van der Waals surface area contributed by atoms with Crippen molar-refractivity contribution in [3.8, 4) is 17.5 Å². The first-order chi connectivity index (χ1) is 12.7. The van der Waals surface area contributed by atoms with Crippen molar-refractivity contribution in [2.24, 2.45) is 0 Å². The maximum atomic E-state index is 12.4.